The molecule has 3 aromatic heterocycles. The molecule has 5 nitrogen and oxygen atoms in total. The fourth-order valence-corrected chi connectivity index (χ4v) is 3.95. The lowest BCUT2D eigenvalue weighted by atomic mass is 10.2. The minimum absolute atomic E-state index is 0.0662. The van der Waals surface area contributed by atoms with Gasteiger partial charge < -0.3 is 5.32 Å². The van der Waals surface area contributed by atoms with Gasteiger partial charge in [0.05, 0.1) is 26.3 Å². The van der Waals surface area contributed by atoms with Gasteiger partial charge in [-0.15, -0.1) is 11.3 Å². The van der Waals surface area contributed by atoms with E-state index in [0.29, 0.717) is 9.39 Å². The fourth-order valence-electron chi connectivity index (χ4n) is 2.67. The quantitative estimate of drug-likeness (QED) is 0.347. The number of carbonyl (C=O) groups is 1. The van der Waals surface area contributed by atoms with Crippen LogP contribution in [0.3, 0.4) is 0 Å². The number of nitrogens with zero attached hydrogens (tertiary/aromatic N) is 3. The number of fused-ring (bicyclic) bond motifs is 1. The van der Waals surface area contributed by atoms with Gasteiger partial charge in [0.25, 0.3) is 5.91 Å². The van der Waals surface area contributed by atoms with E-state index in [1.165, 1.54) is 23.5 Å². The molecule has 0 spiro atoms. The highest BCUT2D eigenvalue weighted by atomic mass is 35.5. The summed E-state index contributed by atoms with van der Waals surface area (Å²) < 4.78 is 41.5. The number of thiophene rings is 1. The molecule has 0 saturated heterocycles. The van der Waals surface area contributed by atoms with E-state index in [4.69, 9.17) is 34.8 Å². The summed E-state index contributed by atoms with van der Waals surface area (Å²) in [4.78, 5) is 17.4. The maximum atomic E-state index is 13.7. The maximum absolute atomic E-state index is 13.7. The van der Waals surface area contributed by atoms with Crippen LogP contribution in [-0.4, -0.2) is 20.5 Å². The number of aromatic nitrogens is 3. The molecule has 1 N–H and O–H groups in total. The minimum atomic E-state index is -4.76. The Balaban J connectivity index is 1.85. The second kappa shape index (κ2) is 7.73. The molecular formula is C18H8Cl3F3N4OS. The molecule has 0 aliphatic heterocycles. The number of carbonyl (C=O) groups excluding carboxylic acids is 1. The van der Waals surface area contributed by atoms with Crippen molar-refractivity contribution < 1.29 is 18.0 Å². The van der Waals surface area contributed by atoms with E-state index in [1.54, 1.807) is 23.6 Å². The molecule has 0 saturated carbocycles. The van der Waals surface area contributed by atoms with E-state index in [9.17, 15) is 18.0 Å². The van der Waals surface area contributed by atoms with Crippen LogP contribution in [-0.2, 0) is 6.18 Å². The number of anilines is 1. The first-order valence-corrected chi connectivity index (χ1v) is 10.1. The highest BCUT2D eigenvalue weighted by Gasteiger charge is 2.37. The van der Waals surface area contributed by atoms with Gasteiger partial charge in [-0.1, -0.05) is 46.9 Å². The van der Waals surface area contributed by atoms with E-state index in [1.807, 2.05) is 0 Å². The van der Waals surface area contributed by atoms with Crippen LogP contribution < -0.4 is 5.32 Å². The maximum Gasteiger partial charge on any atom is 0.433 e. The van der Waals surface area contributed by atoms with Crippen molar-refractivity contribution in [2.75, 3.05) is 5.32 Å². The molecule has 12 heteroatoms. The molecule has 0 radical (unpaired) electrons. The van der Waals surface area contributed by atoms with Crippen molar-refractivity contribution in [3.63, 3.8) is 0 Å². The Morgan fingerprint density at radius 2 is 1.87 bits per heavy atom. The Hall–Kier alpha value is -2.33. The van der Waals surface area contributed by atoms with Gasteiger partial charge in [-0.3, -0.25) is 4.79 Å². The van der Waals surface area contributed by atoms with Gasteiger partial charge in [0, 0.05) is 0 Å². The monoisotopic (exact) mass is 490 g/mol. The van der Waals surface area contributed by atoms with Gasteiger partial charge in [0.15, 0.2) is 17.0 Å². The van der Waals surface area contributed by atoms with E-state index in [0.717, 1.165) is 6.07 Å². The highest BCUT2D eigenvalue weighted by molar-refractivity contribution is 7.13. The summed E-state index contributed by atoms with van der Waals surface area (Å²) in [5, 5.41) is 7.86. The predicted octanol–water partition coefficient (Wildman–Crippen LogP) is 6.69. The Morgan fingerprint density at radius 3 is 2.53 bits per heavy atom. The lowest BCUT2D eigenvalue weighted by molar-refractivity contribution is -0.142. The number of amides is 1. The first-order valence-electron chi connectivity index (χ1n) is 8.12. The zero-order chi connectivity index (χ0) is 21.6. The van der Waals surface area contributed by atoms with Crippen molar-refractivity contribution >= 4 is 63.4 Å². The van der Waals surface area contributed by atoms with Gasteiger partial charge in [0.2, 0.25) is 0 Å². The average Bonchev–Trinajstić information content (AvgIpc) is 3.32. The molecule has 0 fully saturated rings. The number of alkyl halides is 3. The molecule has 4 aromatic rings. The standard InChI is InChI=1S/C18H8Cl3F3N4OS/c19-8-3-1-4-9(13(8)20)26-17(29)15-14(21)16-25-10(11-5-2-6-30-11)7-12(18(22,23)24)28(16)27-15/h1-7H,(H,26,29). The van der Waals surface area contributed by atoms with Crippen LogP contribution in [0.15, 0.2) is 41.8 Å². The van der Waals surface area contributed by atoms with Gasteiger partial charge >= 0.3 is 6.18 Å². The molecule has 3 heterocycles. The molecule has 0 bridgehead atoms. The Labute approximate surface area is 186 Å². The molecule has 0 aliphatic rings. The van der Waals surface area contributed by atoms with E-state index < -0.39 is 23.5 Å². The van der Waals surface area contributed by atoms with Crippen LogP contribution >= 0.6 is 46.1 Å². The summed E-state index contributed by atoms with van der Waals surface area (Å²) >= 11 is 19.4. The van der Waals surface area contributed by atoms with Gasteiger partial charge in [-0.05, 0) is 29.6 Å². The summed E-state index contributed by atoms with van der Waals surface area (Å²) in [6.45, 7) is 0. The van der Waals surface area contributed by atoms with Crippen molar-refractivity contribution in [1.29, 1.82) is 0 Å². The van der Waals surface area contributed by atoms with Crippen molar-refractivity contribution in [1.82, 2.24) is 14.6 Å². The van der Waals surface area contributed by atoms with Gasteiger partial charge in [0.1, 0.15) is 5.02 Å². The van der Waals surface area contributed by atoms with E-state index >= 15 is 0 Å². The highest BCUT2D eigenvalue weighted by Crippen LogP contribution is 2.36. The van der Waals surface area contributed by atoms with Crippen molar-refractivity contribution in [3.05, 3.63) is 68.2 Å². The second-order valence-corrected chi connectivity index (χ2v) is 8.07. The van der Waals surface area contributed by atoms with Crippen LogP contribution in [0.1, 0.15) is 16.2 Å². The predicted molar refractivity (Wildman–Crippen MR) is 111 cm³/mol. The number of nitrogens with one attached hydrogen (secondary N) is 1. The minimum Gasteiger partial charge on any atom is -0.319 e. The van der Waals surface area contributed by atoms with E-state index in [2.05, 4.69) is 15.4 Å². The summed E-state index contributed by atoms with van der Waals surface area (Å²) in [5.41, 5.74) is -1.62. The molecular weight excluding hydrogens is 484 g/mol. The molecule has 154 valence electrons. The largest absolute Gasteiger partial charge is 0.433 e. The molecule has 0 atom stereocenters. The van der Waals surface area contributed by atoms with Gasteiger partial charge in [-0.2, -0.15) is 18.3 Å². The second-order valence-electron chi connectivity index (χ2n) is 5.96. The van der Waals surface area contributed by atoms with Crippen LogP contribution in [0, 0.1) is 0 Å². The fraction of sp³-hybridized carbons (Fsp3) is 0.0556. The number of hydrogen-bond donors (Lipinski definition) is 1. The lowest BCUT2D eigenvalue weighted by Gasteiger charge is -2.10. The zero-order valence-corrected chi connectivity index (χ0v) is 17.6. The first-order chi connectivity index (χ1) is 14.2. The Bertz CT molecular complexity index is 1270. The molecule has 0 unspecified atom stereocenters. The van der Waals surface area contributed by atoms with E-state index in [-0.39, 0.29) is 32.1 Å². The third-order valence-electron chi connectivity index (χ3n) is 4.01. The Morgan fingerprint density at radius 1 is 1.10 bits per heavy atom. The van der Waals surface area contributed by atoms with Gasteiger partial charge in [-0.25, -0.2) is 9.50 Å². The van der Waals surface area contributed by atoms with Crippen molar-refractivity contribution in [2.45, 2.75) is 6.18 Å². The zero-order valence-electron chi connectivity index (χ0n) is 14.5. The topological polar surface area (TPSA) is 59.3 Å². The van der Waals surface area contributed by atoms with Crippen molar-refractivity contribution in [2.24, 2.45) is 0 Å². The van der Waals surface area contributed by atoms with Crippen LogP contribution in [0.25, 0.3) is 16.2 Å². The van der Waals surface area contributed by atoms with Crippen LogP contribution in [0.2, 0.25) is 15.1 Å². The summed E-state index contributed by atoms with van der Waals surface area (Å²) in [7, 11) is 0. The molecule has 30 heavy (non-hydrogen) atoms. The Kier molecular flexibility index (Phi) is 5.39. The average molecular weight is 492 g/mol. The summed E-state index contributed by atoms with van der Waals surface area (Å²) in [6, 6.07) is 8.71. The SMILES string of the molecule is O=C(Nc1cccc(Cl)c1Cl)c1nn2c(C(F)(F)F)cc(-c3cccs3)nc2c1Cl. The number of halogens is 6. The number of hydrogen-bond acceptors (Lipinski definition) is 4. The molecule has 0 aliphatic carbocycles. The number of rotatable bonds is 3. The van der Waals surface area contributed by atoms with Crippen LogP contribution in [0.5, 0.6) is 0 Å². The molecule has 1 amide bonds. The third-order valence-corrected chi connectivity index (χ3v) is 6.07. The lowest BCUT2D eigenvalue weighted by Crippen LogP contribution is -2.16. The molecule has 1 aromatic carbocycles. The summed E-state index contributed by atoms with van der Waals surface area (Å²) in [6.07, 6.45) is -4.76. The molecule has 4 rings (SSSR count). The summed E-state index contributed by atoms with van der Waals surface area (Å²) in [5.74, 6) is -0.861. The third kappa shape index (κ3) is 3.74. The van der Waals surface area contributed by atoms with Crippen molar-refractivity contribution in [3.8, 4) is 10.6 Å². The smallest absolute Gasteiger partial charge is 0.319 e. The number of benzene rings is 1. The van der Waals surface area contributed by atoms with Crippen LogP contribution in [0.4, 0.5) is 18.9 Å². The normalized spacial score (nSPS) is 11.8. The first kappa shape index (κ1) is 20.9.